The first-order chi connectivity index (χ1) is 18.6. The number of hydrogen-bond acceptors (Lipinski definition) is 5. The van der Waals surface area contributed by atoms with E-state index in [0.717, 1.165) is 36.2 Å². The molecule has 5 rings (SSSR count). The zero-order chi connectivity index (χ0) is 26.5. The number of aryl methyl sites for hydroxylation is 1. The lowest BCUT2D eigenvalue weighted by Gasteiger charge is -2.29. The highest BCUT2D eigenvalue weighted by Crippen LogP contribution is 2.34. The van der Waals surface area contributed by atoms with Crippen LogP contribution in [0.25, 0.3) is 11.0 Å². The summed E-state index contributed by atoms with van der Waals surface area (Å²) in [5, 5.41) is 12.7. The maximum absolute atomic E-state index is 13.4. The molecule has 8 heteroatoms. The molecule has 0 saturated heterocycles. The van der Waals surface area contributed by atoms with Crippen LogP contribution in [0.4, 0.5) is 4.79 Å². The minimum atomic E-state index is -0.429. The number of hydrogen-bond donors (Lipinski definition) is 1. The van der Waals surface area contributed by atoms with E-state index in [1.807, 2.05) is 66.1 Å². The van der Waals surface area contributed by atoms with Crippen LogP contribution in [0.5, 0.6) is 0 Å². The predicted octanol–water partition coefficient (Wildman–Crippen LogP) is 5.09. The summed E-state index contributed by atoms with van der Waals surface area (Å²) in [6.07, 6.45) is 4.74. The van der Waals surface area contributed by atoms with Gasteiger partial charge in [0.05, 0.1) is 23.7 Å². The summed E-state index contributed by atoms with van der Waals surface area (Å²) in [5.74, 6) is 0.877. The van der Waals surface area contributed by atoms with Crippen molar-refractivity contribution in [1.29, 1.82) is 5.26 Å². The number of amides is 1. The lowest BCUT2D eigenvalue weighted by molar-refractivity contribution is 0.132. The standard InChI is InChI=1S/C30H31N5O3/c1-2-34-16-15-26-27(29(34)36)35(19-24-12-7-6-11-23(24)18-31)28(33-26)22-13-8-14-25(17-22)32-30(37)38-20-21-9-4-3-5-10-21/h3-7,9-12,15-16,22,25H,2,8,13-14,17,19-20H2,1H3,(H,32,37). The van der Waals surface area contributed by atoms with Gasteiger partial charge in [-0.05, 0) is 49.4 Å². The molecule has 1 fully saturated rings. The molecule has 0 radical (unpaired) electrons. The summed E-state index contributed by atoms with van der Waals surface area (Å²) < 4.78 is 9.11. The molecule has 1 aliphatic carbocycles. The Morgan fingerprint density at radius 3 is 2.71 bits per heavy atom. The number of imidazole rings is 1. The van der Waals surface area contributed by atoms with E-state index in [1.54, 1.807) is 16.8 Å². The van der Waals surface area contributed by atoms with Crippen LogP contribution in [0.1, 0.15) is 61.0 Å². The topological polar surface area (TPSA) is 102 Å². The Kier molecular flexibility index (Phi) is 7.55. The molecule has 0 aliphatic heterocycles. The highest BCUT2D eigenvalue weighted by atomic mass is 16.5. The summed E-state index contributed by atoms with van der Waals surface area (Å²) >= 11 is 0. The van der Waals surface area contributed by atoms with Crippen LogP contribution >= 0.6 is 0 Å². The molecule has 194 valence electrons. The van der Waals surface area contributed by atoms with E-state index in [-0.39, 0.29) is 24.1 Å². The normalized spacial score (nSPS) is 17.2. The molecule has 2 aromatic heterocycles. The van der Waals surface area contributed by atoms with Crippen molar-refractivity contribution >= 4 is 17.1 Å². The number of carbonyl (C=O) groups excluding carboxylic acids is 1. The van der Waals surface area contributed by atoms with Crippen LogP contribution in [0.15, 0.2) is 71.7 Å². The molecule has 2 heterocycles. The fraction of sp³-hybridized carbons (Fsp3) is 0.333. The van der Waals surface area contributed by atoms with Gasteiger partial charge in [-0.25, -0.2) is 9.78 Å². The highest BCUT2D eigenvalue weighted by molar-refractivity contribution is 5.75. The van der Waals surface area contributed by atoms with E-state index in [2.05, 4.69) is 11.4 Å². The molecular formula is C30H31N5O3. The van der Waals surface area contributed by atoms with Crippen molar-refractivity contribution in [3.63, 3.8) is 0 Å². The monoisotopic (exact) mass is 509 g/mol. The number of fused-ring (bicyclic) bond motifs is 1. The molecule has 0 spiro atoms. The van der Waals surface area contributed by atoms with Crippen molar-refractivity contribution < 1.29 is 9.53 Å². The van der Waals surface area contributed by atoms with E-state index < -0.39 is 6.09 Å². The van der Waals surface area contributed by atoms with Crippen molar-refractivity contribution in [3.05, 3.63) is 99.7 Å². The van der Waals surface area contributed by atoms with Gasteiger partial charge in [0.2, 0.25) is 0 Å². The van der Waals surface area contributed by atoms with Crippen LogP contribution in [-0.4, -0.2) is 26.3 Å². The Morgan fingerprint density at radius 1 is 1.13 bits per heavy atom. The van der Waals surface area contributed by atoms with E-state index in [9.17, 15) is 14.9 Å². The van der Waals surface area contributed by atoms with E-state index in [1.165, 1.54) is 0 Å². The Bertz CT molecular complexity index is 1530. The van der Waals surface area contributed by atoms with E-state index >= 15 is 0 Å². The molecule has 2 atom stereocenters. The summed E-state index contributed by atoms with van der Waals surface area (Å²) in [4.78, 5) is 30.9. The number of pyridine rings is 1. The second-order valence-corrected chi connectivity index (χ2v) is 9.73. The molecule has 4 aromatic rings. The first kappa shape index (κ1) is 25.3. The Hall–Kier alpha value is -4.38. The number of alkyl carbamates (subject to hydrolysis) is 1. The van der Waals surface area contributed by atoms with Crippen molar-refractivity contribution in [3.8, 4) is 6.07 Å². The zero-order valence-corrected chi connectivity index (χ0v) is 21.5. The fourth-order valence-corrected chi connectivity index (χ4v) is 5.34. The summed E-state index contributed by atoms with van der Waals surface area (Å²) in [6, 6.07) is 21.2. The highest BCUT2D eigenvalue weighted by Gasteiger charge is 2.30. The first-order valence-corrected chi connectivity index (χ1v) is 13.1. The summed E-state index contributed by atoms with van der Waals surface area (Å²) in [6.45, 7) is 3.10. The number of nitriles is 1. The molecule has 1 aliphatic rings. The Labute approximate surface area is 221 Å². The second-order valence-electron chi connectivity index (χ2n) is 9.73. The molecule has 1 amide bonds. The van der Waals surface area contributed by atoms with Gasteiger partial charge < -0.3 is 19.2 Å². The van der Waals surface area contributed by atoms with Gasteiger partial charge in [0.1, 0.15) is 17.9 Å². The number of nitrogens with one attached hydrogen (secondary N) is 1. The van der Waals surface area contributed by atoms with Crippen molar-refractivity contribution in [2.24, 2.45) is 0 Å². The molecule has 1 saturated carbocycles. The molecule has 2 unspecified atom stereocenters. The smallest absolute Gasteiger partial charge is 0.407 e. The van der Waals surface area contributed by atoms with Gasteiger partial charge >= 0.3 is 6.09 Å². The Balaban J connectivity index is 1.41. The minimum absolute atomic E-state index is 0.0519. The third-order valence-corrected chi connectivity index (χ3v) is 7.28. The number of benzene rings is 2. The van der Waals surface area contributed by atoms with Gasteiger partial charge in [0.15, 0.2) is 0 Å². The van der Waals surface area contributed by atoms with Crippen molar-refractivity contribution in [2.75, 3.05) is 0 Å². The van der Waals surface area contributed by atoms with Crippen LogP contribution in [-0.2, 0) is 24.4 Å². The molecule has 1 N–H and O–H groups in total. The van der Waals surface area contributed by atoms with Gasteiger partial charge in [0, 0.05) is 24.7 Å². The van der Waals surface area contributed by atoms with Gasteiger partial charge in [-0.1, -0.05) is 55.0 Å². The lowest BCUT2D eigenvalue weighted by Crippen LogP contribution is -2.38. The van der Waals surface area contributed by atoms with Crippen LogP contribution < -0.4 is 10.9 Å². The van der Waals surface area contributed by atoms with Gasteiger partial charge in [0.25, 0.3) is 5.56 Å². The largest absolute Gasteiger partial charge is 0.445 e. The predicted molar refractivity (Wildman–Crippen MR) is 145 cm³/mol. The molecule has 38 heavy (non-hydrogen) atoms. The Morgan fingerprint density at radius 2 is 1.92 bits per heavy atom. The quantitative estimate of drug-likeness (QED) is 0.374. The number of ether oxygens (including phenoxy) is 1. The number of aromatic nitrogens is 3. The van der Waals surface area contributed by atoms with Gasteiger partial charge in [-0.15, -0.1) is 0 Å². The van der Waals surface area contributed by atoms with Crippen LogP contribution in [0, 0.1) is 11.3 Å². The fourth-order valence-electron chi connectivity index (χ4n) is 5.34. The van der Waals surface area contributed by atoms with Gasteiger partial charge in [-0.3, -0.25) is 4.79 Å². The zero-order valence-electron chi connectivity index (χ0n) is 21.5. The third kappa shape index (κ3) is 5.32. The van der Waals surface area contributed by atoms with Crippen molar-refractivity contribution in [2.45, 2.75) is 64.3 Å². The number of nitrogens with zero attached hydrogens (tertiary/aromatic N) is 4. The maximum atomic E-state index is 13.4. The average molecular weight is 510 g/mol. The number of rotatable bonds is 7. The lowest BCUT2D eigenvalue weighted by atomic mass is 9.85. The molecule has 2 aromatic carbocycles. The SMILES string of the molecule is CCn1ccc2nc(C3CCCC(NC(=O)OCc4ccccc4)C3)n(Cc3ccccc3C#N)c2c1=O. The van der Waals surface area contributed by atoms with Crippen LogP contribution in [0.3, 0.4) is 0 Å². The summed E-state index contributed by atoms with van der Waals surface area (Å²) in [7, 11) is 0. The molecule has 8 nitrogen and oxygen atoms in total. The third-order valence-electron chi connectivity index (χ3n) is 7.28. The maximum Gasteiger partial charge on any atom is 0.407 e. The van der Waals surface area contributed by atoms with Crippen LogP contribution in [0.2, 0.25) is 0 Å². The second kappa shape index (κ2) is 11.3. The summed E-state index contributed by atoms with van der Waals surface area (Å²) in [5.41, 5.74) is 3.48. The molecule has 0 bridgehead atoms. The minimum Gasteiger partial charge on any atom is -0.445 e. The van der Waals surface area contributed by atoms with Crippen molar-refractivity contribution in [1.82, 2.24) is 19.4 Å². The van der Waals surface area contributed by atoms with E-state index in [4.69, 9.17) is 9.72 Å². The molecular weight excluding hydrogens is 478 g/mol. The van der Waals surface area contributed by atoms with Gasteiger partial charge in [-0.2, -0.15) is 5.26 Å². The average Bonchev–Trinajstić information content (AvgIpc) is 3.32. The number of carbonyl (C=O) groups is 1. The van der Waals surface area contributed by atoms with E-state index in [0.29, 0.717) is 36.1 Å². The first-order valence-electron chi connectivity index (χ1n) is 13.1.